The molecular weight excluding hydrogens is 362 g/mol. The molecule has 25 heavy (non-hydrogen) atoms. The summed E-state index contributed by atoms with van der Waals surface area (Å²) in [5.41, 5.74) is 0.432. The van der Waals surface area contributed by atoms with Crippen LogP contribution in [0.2, 0.25) is 5.15 Å². The third-order valence-corrected chi connectivity index (χ3v) is 5.02. The molecule has 0 N–H and O–H groups in total. The fourth-order valence-corrected chi connectivity index (χ4v) is 3.06. The van der Waals surface area contributed by atoms with Gasteiger partial charge < -0.3 is 9.47 Å². The van der Waals surface area contributed by atoms with Gasteiger partial charge in [0.1, 0.15) is 5.15 Å². The number of nitrogens with zero attached hydrogens (tertiary/aromatic N) is 1. The quantitative estimate of drug-likeness (QED) is 0.394. The van der Waals surface area contributed by atoms with Gasteiger partial charge in [0.15, 0.2) is 0 Å². The Labute approximate surface area is 154 Å². The summed E-state index contributed by atoms with van der Waals surface area (Å²) in [6, 6.07) is 11.8. The number of rotatable bonds is 8. The number of ether oxygens (including phenoxy) is 2. The van der Waals surface area contributed by atoms with E-state index in [1.54, 1.807) is 42.5 Å². The Morgan fingerprint density at radius 1 is 1.16 bits per heavy atom. The molecule has 0 aliphatic rings. The maximum absolute atomic E-state index is 12.0. The van der Waals surface area contributed by atoms with E-state index in [-0.39, 0.29) is 11.9 Å². The summed E-state index contributed by atoms with van der Waals surface area (Å²) in [5.74, 6) is 0.0235. The van der Waals surface area contributed by atoms with E-state index in [1.165, 1.54) is 0 Å². The molecule has 7 heteroatoms. The third kappa shape index (κ3) is 6.14. The molecule has 5 nitrogen and oxygen atoms in total. The molecule has 0 spiro atoms. The average Bonchev–Trinajstić information content (AvgIpc) is 2.60. The number of carbonyl (C=O) groups excluding carboxylic acids is 1. The molecule has 1 aromatic carbocycles. The van der Waals surface area contributed by atoms with Gasteiger partial charge in [-0.1, -0.05) is 31.5 Å². The number of hydrogen-bond acceptors (Lipinski definition) is 5. The summed E-state index contributed by atoms with van der Waals surface area (Å²) >= 11 is 5.76. The molecule has 0 aliphatic carbocycles. The van der Waals surface area contributed by atoms with Crippen molar-refractivity contribution in [1.29, 1.82) is 0 Å². The molecular formula is C18H20ClNO4S. The number of pyridine rings is 1. The lowest BCUT2D eigenvalue weighted by molar-refractivity contribution is 0.0485. The summed E-state index contributed by atoms with van der Waals surface area (Å²) in [7, 11) is -1.07. The van der Waals surface area contributed by atoms with Crippen molar-refractivity contribution in [3.8, 4) is 5.88 Å². The number of aromatic nitrogens is 1. The van der Waals surface area contributed by atoms with Crippen LogP contribution in [-0.2, 0) is 15.5 Å². The van der Waals surface area contributed by atoms with Crippen molar-refractivity contribution in [3.63, 3.8) is 0 Å². The minimum atomic E-state index is -1.07. The van der Waals surface area contributed by atoms with E-state index in [0.717, 1.165) is 0 Å². The van der Waals surface area contributed by atoms with Gasteiger partial charge >= 0.3 is 5.97 Å². The van der Waals surface area contributed by atoms with E-state index in [2.05, 4.69) is 4.98 Å². The summed E-state index contributed by atoms with van der Waals surface area (Å²) in [5, 5.41) is 0.401. The van der Waals surface area contributed by atoms with Crippen LogP contribution in [-0.4, -0.2) is 33.6 Å². The van der Waals surface area contributed by atoms with Crippen LogP contribution < -0.4 is 4.74 Å². The van der Waals surface area contributed by atoms with Crippen molar-refractivity contribution in [1.82, 2.24) is 4.98 Å². The zero-order valence-electron chi connectivity index (χ0n) is 14.1. The summed E-state index contributed by atoms with van der Waals surface area (Å²) < 4.78 is 22.6. The van der Waals surface area contributed by atoms with Crippen molar-refractivity contribution in [2.24, 2.45) is 0 Å². The van der Waals surface area contributed by atoms with E-state index < -0.39 is 16.8 Å². The number of esters is 1. The fourth-order valence-electron chi connectivity index (χ4n) is 1.95. The molecule has 0 unspecified atom stereocenters. The van der Waals surface area contributed by atoms with Crippen molar-refractivity contribution in [2.75, 3.05) is 13.2 Å². The highest BCUT2D eigenvalue weighted by Crippen LogP contribution is 2.14. The smallest absolute Gasteiger partial charge is 0.338 e. The fraction of sp³-hybridized carbons (Fsp3) is 0.333. The van der Waals surface area contributed by atoms with Crippen LogP contribution in [0.5, 0.6) is 5.88 Å². The van der Waals surface area contributed by atoms with E-state index in [9.17, 15) is 9.00 Å². The molecule has 0 saturated carbocycles. The molecule has 0 saturated heterocycles. The summed E-state index contributed by atoms with van der Waals surface area (Å²) in [6.45, 7) is 4.38. The lowest BCUT2D eigenvalue weighted by atomic mass is 10.2. The van der Waals surface area contributed by atoms with Gasteiger partial charge in [-0.15, -0.1) is 0 Å². The normalized spacial score (nSPS) is 12.0. The van der Waals surface area contributed by atoms with Gasteiger partial charge in [-0.25, -0.2) is 9.78 Å². The van der Waals surface area contributed by atoms with Crippen molar-refractivity contribution < 1.29 is 18.5 Å². The Kier molecular flexibility index (Phi) is 7.40. The van der Waals surface area contributed by atoms with E-state index >= 15 is 0 Å². The second-order valence-electron chi connectivity index (χ2n) is 5.51. The van der Waals surface area contributed by atoms with Crippen LogP contribution in [0.15, 0.2) is 47.4 Å². The minimum absolute atomic E-state index is 0.0341. The Morgan fingerprint density at radius 2 is 1.88 bits per heavy atom. The molecule has 0 radical (unpaired) electrons. The van der Waals surface area contributed by atoms with Crippen molar-refractivity contribution in [3.05, 3.63) is 53.2 Å². The molecule has 0 fully saturated rings. The summed E-state index contributed by atoms with van der Waals surface area (Å²) in [4.78, 5) is 16.7. The van der Waals surface area contributed by atoms with Crippen LogP contribution >= 0.6 is 11.6 Å². The molecule has 1 atom stereocenters. The second-order valence-corrected chi connectivity index (χ2v) is 7.90. The van der Waals surface area contributed by atoms with Crippen molar-refractivity contribution >= 4 is 28.4 Å². The lowest BCUT2D eigenvalue weighted by Crippen LogP contribution is -2.10. The van der Waals surface area contributed by atoms with Crippen LogP contribution in [0.1, 0.15) is 30.6 Å². The highest BCUT2D eigenvalue weighted by atomic mass is 35.5. The SMILES string of the molecule is CC(C)[S@@](=O)c1ccc(C(=O)OCCCOc2cccc(Cl)n2)cc1. The van der Waals surface area contributed by atoms with Crippen LogP contribution in [0.4, 0.5) is 0 Å². The maximum atomic E-state index is 12.0. The van der Waals surface area contributed by atoms with Gasteiger partial charge in [0.25, 0.3) is 0 Å². The second kappa shape index (κ2) is 9.53. The van der Waals surface area contributed by atoms with E-state index in [0.29, 0.717) is 34.5 Å². The molecule has 2 rings (SSSR count). The Morgan fingerprint density at radius 3 is 2.52 bits per heavy atom. The first kappa shape index (κ1) is 19.4. The Bertz CT molecular complexity index is 734. The predicted octanol–water partition coefficient (Wildman–Crippen LogP) is 3.88. The Hall–Kier alpha value is -1.92. The molecule has 0 aliphatic heterocycles. The van der Waals surface area contributed by atoms with E-state index in [1.807, 2.05) is 13.8 Å². The van der Waals surface area contributed by atoms with Gasteiger partial charge in [-0.2, -0.15) is 0 Å². The first-order chi connectivity index (χ1) is 12.0. The molecule has 1 heterocycles. The van der Waals surface area contributed by atoms with Gasteiger partial charge in [-0.05, 0) is 30.3 Å². The third-order valence-electron chi connectivity index (χ3n) is 3.21. The van der Waals surface area contributed by atoms with E-state index in [4.69, 9.17) is 21.1 Å². The maximum Gasteiger partial charge on any atom is 0.338 e. The Balaban J connectivity index is 1.74. The summed E-state index contributed by atoms with van der Waals surface area (Å²) in [6.07, 6.45) is 0.537. The van der Waals surface area contributed by atoms with Gasteiger partial charge in [0, 0.05) is 22.6 Å². The van der Waals surface area contributed by atoms with Crippen LogP contribution in [0, 0.1) is 0 Å². The highest BCUT2D eigenvalue weighted by molar-refractivity contribution is 7.85. The first-order valence-electron chi connectivity index (χ1n) is 7.90. The van der Waals surface area contributed by atoms with Crippen LogP contribution in [0.3, 0.4) is 0 Å². The number of carbonyl (C=O) groups is 1. The molecule has 1 aromatic heterocycles. The largest absolute Gasteiger partial charge is 0.477 e. The lowest BCUT2D eigenvalue weighted by Gasteiger charge is -2.08. The van der Waals surface area contributed by atoms with Gasteiger partial charge in [0.2, 0.25) is 5.88 Å². The zero-order chi connectivity index (χ0) is 18.2. The highest BCUT2D eigenvalue weighted by Gasteiger charge is 2.11. The molecule has 2 aromatic rings. The molecule has 134 valence electrons. The number of hydrogen-bond donors (Lipinski definition) is 0. The average molecular weight is 382 g/mol. The standard InChI is InChI=1S/C18H20ClNO4S/c1-13(2)25(22)15-9-7-14(8-10-15)18(21)24-12-4-11-23-17-6-3-5-16(19)20-17/h3,5-10,13H,4,11-12H2,1-2H3/t25-/m1/s1. The first-order valence-corrected chi connectivity index (χ1v) is 9.49. The number of halogens is 1. The van der Waals surface area contributed by atoms with Gasteiger partial charge in [-0.3, -0.25) is 4.21 Å². The zero-order valence-corrected chi connectivity index (χ0v) is 15.7. The van der Waals surface area contributed by atoms with Crippen LogP contribution in [0.25, 0.3) is 0 Å². The minimum Gasteiger partial charge on any atom is -0.477 e. The number of benzene rings is 1. The topological polar surface area (TPSA) is 65.5 Å². The monoisotopic (exact) mass is 381 g/mol. The van der Waals surface area contributed by atoms with Gasteiger partial charge in [0.05, 0.1) is 29.6 Å². The molecule has 0 amide bonds. The molecule has 0 bridgehead atoms. The van der Waals surface area contributed by atoms with Crippen molar-refractivity contribution in [2.45, 2.75) is 30.4 Å². The predicted molar refractivity (Wildman–Crippen MR) is 97.6 cm³/mol.